The molecule has 0 spiro atoms. The molecule has 0 N–H and O–H groups in total. The maximum absolute atomic E-state index is 14.0. The Morgan fingerprint density at radius 2 is 1.68 bits per heavy atom. The van der Waals surface area contributed by atoms with Crippen molar-refractivity contribution in [3.05, 3.63) is 35.9 Å². The van der Waals surface area contributed by atoms with Crippen molar-refractivity contribution in [3.8, 4) is 0 Å². The molecule has 8 heteroatoms. The van der Waals surface area contributed by atoms with Crippen LogP contribution in [0.5, 0.6) is 0 Å². The Morgan fingerprint density at radius 3 is 2.18 bits per heavy atom. The van der Waals surface area contributed by atoms with Crippen LogP contribution in [-0.4, -0.2) is 38.4 Å². The van der Waals surface area contributed by atoms with Gasteiger partial charge in [-0.1, -0.05) is 49.6 Å². The number of methoxy groups -OCH3 is 2. The van der Waals surface area contributed by atoms with E-state index in [1.807, 2.05) is 0 Å². The van der Waals surface area contributed by atoms with Gasteiger partial charge in [-0.2, -0.15) is 13.2 Å². The van der Waals surface area contributed by atoms with Gasteiger partial charge in [0.1, 0.15) is 6.10 Å². The molecule has 1 aliphatic carbocycles. The van der Waals surface area contributed by atoms with Gasteiger partial charge in [-0.15, -0.1) is 0 Å². The fourth-order valence-corrected chi connectivity index (χ4v) is 3.67. The predicted octanol–water partition coefficient (Wildman–Crippen LogP) is 4.15. The predicted molar refractivity (Wildman–Crippen MR) is 94.3 cm³/mol. The summed E-state index contributed by atoms with van der Waals surface area (Å²) < 4.78 is 56.7. The number of carbonyl (C=O) groups excluding carboxylic acids is 2. The Morgan fingerprint density at radius 1 is 1.07 bits per heavy atom. The first-order valence-corrected chi connectivity index (χ1v) is 9.21. The molecule has 0 bridgehead atoms. The van der Waals surface area contributed by atoms with Gasteiger partial charge in [0.25, 0.3) is 5.60 Å². The number of esters is 2. The van der Waals surface area contributed by atoms with Crippen LogP contribution < -0.4 is 0 Å². The zero-order valence-electron chi connectivity index (χ0n) is 16.0. The largest absolute Gasteiger partial charge is 0.469 e. The molecule has 2 atom stereocenters. The molecule has 1 aromatic rings. The summed E-state index contributed by atoms with van der Waals surface area (Å²) >= 11 is 0. The number of alkyl halides is 3. The molecule has 2 rings (SSSR count). The second-order valence-corrected chi connectivity index (χ2v) is 6.87. The summed E-state index contributed by atoms with van der Waals surface area (Å²) in [5, 5.41) is 0. The second kappa shape index (κ2) is 9.41. The molecule has 1 saturated carbocycles. The Bertz CT molecular complexity index is 656. The van der Waals surface area contributed by atoms with E-state index in [0.29, 0.717) is 12.8 Å². The molecule has 0 saturated heterocycles. The number of benzene rings is 1. The number of hydrogen-bond acceptors (Lipinski definition) is 5. The number of ether oxygens (including phenoxy) is 3. The Labute approximate surface area is 162 Å². The molecule has 5 nitrogen and oxygen atoms in total. The van der Waals surface area contributed by atoms with Crippen molar-refractivity contribution in [1.82, 2.24) is 0 Å². The fraction of sp³-hybridized carbons (Fsp3) is 0.600. The summed E-state index contributed by atoms with van der Waals surface area (Å²) in [7, 11) is 2.00. The minimum atomic E-state index is -5.05. The summed E-state index contributed by atoms with van der Waals surface area (Å²) in [4.78, 5) is 24.6. The number of carbonyl (C=O) groups is 2. The first-order chi connectivity index (χ1) is 13.3. The third-order valence-corrected chi connectivity index (χ3v) is 5.20. The van der Waals surface area contributed by atoms with Crippen LogP contribution >= 0.6 is 0 Å². The monoisotopic (exact) mass is 402 g/mol. The van der Waals surface area contributed by atoms with E-state index in [4.69, 9.17) is 9.47 Å². The van der Waals surface area contributed by atoms with Gasteiger partial charge in [0.05, 0.1) is 13.5 Å². The van der Waals surface area contributed by atoms with Gasteiger partial charge in [0, 0.05) is 12.7 Å². The maximum Gasteiger partial charge on any atom is 0.432 e. The molecule has 0 heterocycles. The van der Waals surface area contributed by atoms with Crippen molar-refractivity contribution in [3.63, 3.8) is 0 Å². The molecule has 0 amide bonds. The van der Waals surface area contributed by atoms with Gasteiger partial charge < -0.3 is 14.2 Å². The van der Waals surface area contributed by atoms with Crippen molar-refractivity contribution in [2.45, 2.75) is 56.4 Å². The van der Waals surface area contributed by atoms with Gasteiger partial charge >= 0.3 is 18.1 Å². The highest BCUT2D eigenvalue weighted by molar-refractivity contribution is 5.83. The van der Waals surface area contributed by atoms with Crippen LogP contribution in [-0.2, 0) is 29.4 Å². The SMILES string of the molecule is COC(=O)C[C@H](OC(=O)[C@](OC)(c1ccccc1)C(F)(F)F)C1CCCCC1. The van der Waals surface area contributed by atoms with Crippen molar-refractivity contribution < 1.29 is 37.0 Å². The van der Waals surface area contributed by atoms with E-state index < -0.39 is 29.8 Å². The van der Waals surface area contributed by atoms with E-state index in [9.17, 15) is 22.8 Å². The summed E-state index contributed by atoms with van der Waals surface area (Å²) in [6.45, 7) is 0. The van der Waals surface area contributed by atoms with Crippen LogP contribution in [0.1, 0.15) is 44.1 Å². The maximum atomic E-state index is 14.0. The highest BCUT2D eigenvalue weighted by Crippen LogP contribution is 2.44. The molecule has 156 valence electrons. The first kappa shape index (κ1) is 22.2. The van der Waals surface area contributed by atoms with E-state index in [-0.39, 0.29) is 17.9 Å². The van der Waals surface area contributed by atoms with Crippen LogP contribution in [0.25, 0.3) is 0 Å². The lowest BCUT2D eigenvalue weighted by Crippen LogP contribution is -2.53. The Hall–Kier alpha value is -2.09. The van der Waals surface area contributed by atoms with E-state index in [1.54, 1.807) is 0 Å². The second-order valence-electron chi connectivity index (χ2n) is 6.87. The average Bonchev–Trinajstić information content (AvgIpc) is 2.68. The number of hydrogen-bond donors (Lipinski definition) is 0. The minimum absolute atomic E-state index is 0.199. The van der Waals surface area contributed by atoms with E-state index >= 15 is 0 Å². The summed E-state index contributed by atoms with van der Waals surface area (Å²) in [5.74, 6) is -2.42. The quantitative estimate of drug-likeness (QED) is 0.642. The van der Waals surface area contributed by atoms with Crippen molar-refractivity contribution in [2.24, 2.45) is 5.92 Å². The van der Waals surface area contributed by atoms with Gasteiger partial charge in [-0.05, 0) is 18.8 Å². The van der Waals surface area contributed by atoms with Crippen LogP contribution in [0, 0.1) is 5.92 Å². The van der Waals surface area contributed by atoms with Crippen LogP contribution in [0.3, 0.4) is 0 Å². The van der Waals surface area contributed by atoms with Crippen molar-refractivity contribution in [2.75, 3.05) is 14.2 Å². The molecular formula is C20H25F3O5. The third-order valence-electron chi connectivity index (χ3n) is 5.20. The minimum Gasteiger partial charge on any atom is -0.469 e. The zero-order valence-corrected chi connectivity index (χ0v) is 16.0. The topological polar surface area (TPSA) is 61.8 Å². The van der Waals surface area contributed by atoms with Crippen LogP contribution in [0.15, 0.2) is 30.3 Å². The first-order valence-electron chi connectivity index (χ1n) is 9.21. The van der Waals surface area contributed by atoms with Crippen molar-refractivity contribution >= 4 is 11.9 Å². The van der Waals surface area contributed by atoms with Crippen LogP contribution in [0.4, 0.5) is 13.2 Å². The highest BCUT2D eigenvalue weighted by atomic mass is 19.4. The van der Waals surface area contributed by atoms with Crippen molar-refractivity contribution in [1.29, 1.82) is 0 Å². The Balaban J connectivity index is 2.36. The number of halogens is 3. The summed E-state index contributed by atoms with van der Waals surface area (Å²) in [5.41, 5.74) is -3.65. The summed E-state index contributed by atoms with van der Waals surface area (Å²) in [6, 6.07) is 6.63. The molecule has 0 aromatic heterocycles. The number of rotatable bonds is 7. The van der Waals surface area contributed by atoms with Gasteiger partial charge in [-0.3, -0.25) is 4.79 Å². The third kappa shape index (κ3) is 4.66. The van der Waals surface area contributed by atoms with Gasteiger partial charge in [0.2, 0.25) is 0 Å². The molecule has 28 heavy (non-hydrogen) atoms. The molecule has 1 fully saturated rings. The van der Waals surface area contributed by atoms with E-state index in [1.165, 1.54) is 25.3 Å². The van der Waals surface area contributed by atoms with Gasteiger partial charge in [0.15, 0.2) is 0 Å². The van der Waals surface area contributed by atoms with E-state index in [2.05, 4.69) is 4.74 Å². The zero-order chi connectivity index (χ0) is 20.8. The van der Waals surface area contributed by atoms with Crippen LogP contribution in [0.2, 0.25) is 0 Å². The highest BCUT2D eigenvalue weighted by Gasteiger charge is 2.64. The molecule has 1 aromatic carbocycles. The smallest absolute Gasteiger partial charge is 0.432 e. The molecule has 0 radical (unpaired) electrons. The normalized spacial score (nSPS) is 18.8. The van der Waals surface area contributed by atoms with E-state index in [0.717, 1.165) is 38.5 Å². The lowest BCUT2D eigenvalue weighted by Gasteiger charge is -2.36. The standard InChI is InChI=1S/C20H25F3O5/c1-26-17(24)13-16(14-9-5-3-6-10-14)28-18(25)19(27-2,20(21,22)23)15-11-7-4-8-12-15/h4,7-8,11-12,14,16H,3,5-6,9-10,13H2,1-2H3/t16-,19+/m0/s1. The lowest BCUT2D eigenvalue weighted by atomic mass is 9.83. The van der Waals surface area contributed by atoms with Gasteiger partial charge in [-0.25, -0.2) is 4.79 Å². The molecule has 0 aliphatic heterocycles. The molecule has 0 unspecified atom stereocenters. The molecular weight excluding hydrogens is 377 g/mol. The Kier molecular flexibility index (Phi) is 7.46. The lowest BCUT2D eigenvalue weighted by molar-refractivity contribution is -0.279. The summed E-state index contributed by atoms with van der Waals surface area (Å²) in [6.07, 6.45) is -2.26. The average molecular weight is 402 g/mol. The molecule has 1 aliphatic rings. The fourth-order valence-electron chi connectivity index (χ4n) is 3.67.